The summed E-state index contributed by atoms with van der Waals surface area (Å²) >= 11 is 6.78. The second-order valence-electron chi connectivity index (χ2n) is 12.4. The summed E-state index contributed by atoms with van der Waals surface area (Å²) in [5.74, 6) is -3.11. The molecule has 0 aliphatic rings. The summed E-state index contributed by atoms with van der Waals surface area (Å²) in [7, 11) is 0. The zero-order chi connectivity index (χ0) is 30.7. The molecule has 0 heterocycles. The molecule has 0 aliphatic heterocycles. The minimum absolute atomic E-state index is 0.187. The van der Waals surface area contributed by atoms with Gasteiger partial charge in [-0.15, -0.1) is 0 Å². The molecule has 0 spiro atoms. The van der Waals surface area contributed by atoms with Crippen LogP contribution in [-0.2, 0) is 20.4 Å². The normalized spacial score (nSPS) is 12.6. The molecule has 0 saturated carbocycles. The van der Waals surface area contributed by atoms with Crippen LogP contribution in [0.2, 0.25) is 5.02 Å². The van der Waals surface area contributed by atoms with Crippen molar-refractivity contribution in [1.82, 2.24) is 0 Å². The van der Waals surface area contributed by atoms with E-state index in [0.717, 1.165) is 0 Å². The summed E-state index contributed by atoms with van der Waals surface area (Å²) in [6.07, 6.45) is 0. The van der Waals surface area contributed by atoms with Crippen molar-refractivity contribution in [3.8, 4) is 17.2 Å². The number of halogens is 1. The Morgan fingerprint density at radius 1 is 0.667 bits per heavy atom. The molecule has 1 atom stereocenters. The Morgan fingerprint density at radius 2 is 1.07 bits per heavy atom. The van der Waals surface area contributed by atoms with E-state index in [4.69, 9.17) is 21.1 Å². The molecule has 218 valence electrons. The molecule has 1 N–H and O–H groups in total. The lowest BCUT2D eigenvalue weighted by molar-refractivity contribution is -0.152. The van der Waals surface area contributed by atoms with Crippen molar-refractivity contribution in [3.05, 3.63) is 124 Å². The summed E-state index contributed by atoms with van der Waals surface area (Å²) in [6.45, 7) is 12.0. The zero-order valence-corrected chi connectivity index (χ0v) is 25.6. The molecule has 0 saturated heterocycles. The maximum Gasteiger partial charge on any atom is 0.326 e. The van der Waals surface area contributed by atoms with E-state index in [1.807, 2.05) is 71.9 Å². The van der Waals surface area contributed by atoms with E-state index < -0.39 is 34.6 Å². The number of hydrogen-bond donors (Lipinski definition) is 1. The van der Waals surface area contributed by atoms with Crippen molar-refractivity contribution < 1.29 is 24.2 Å². The average molecular weight is 585 g/mol. The van der Waals surface area contributed by atoms with E-state index in [2.05, 4.69) is 0 Å². The molecular formula is C36H37ClO5. The first-order chi connectivity index (χ1) is 19.8. The van der Waals surface area contributed by atoms with E-state index in [9.17, 15) is 14.7 Å². The molecule has 0 fully saturated rings. The monoisotopic (exact) mass is 584 g/mol. The minimum atomic E-state index is -1.43. The van der Waals surface area contributed by atoms with Gasteiger partial charge in [-0.25, -0.2) is 0 Å². The van der Waals surface area contributed by atoms with Gasteiger partial charge < -0.3 is 14.6 Å². The molecule has 0 unspecified atom stereocenters. The molecular weight excluding hydrogens is 548 g/mol. The maximum atomic E-state index is 14.1. The van der Waals surface area contributed by atoms with Crippen LogP contribution < -0.4 is 9.47 Å². The topological polar surface area (TPSA) is 72.8 Å². The van der Waals surface area contributed by atoms with Gasteiger partial charge in [-0.2, -0.15) is 0 Å². The number of para-hydroxylation sites is 2. The minimum Gasteiger partial charge on any atom is -0.507 e. The van der Waals surface area contributed by atoms with Gasteiger partial charge in [0.25, 0.3) is 0 Å². The van der Waals surface area contributed by atoms with Gasteiger partial charge in [-0.05, 0) is 63.4 Å². The van der Waals surface area contributed by atoms with Crippen LogP contribution in [0, 0.1) is 5.92 Å². The molecule has 42 heavy (non-hydrogen) atoms. The number of ether oxygens (including phenoxy) is 2. The highest BCUT2D eigenvalue weighted by Crippen LogP contribution is 2.45. The molecule has 4 aromatic rings. The smallest absolute Gasteiger partial charge is 0.326 e. The number of carbonyl (C=O) groups is 2. The van der Waals surface area contributed by atoms with Gasteiger partial charge in [-0.3, -0.25) is 9.59 Å². The summed E-state index contributed by atoms with van der Waals surface area (Å²) in [5.41, 5.74) is 1.67. The van der Waals surface area contributed by atoms with Gasteiger partial charge >= 0.3 is 11.9 Å². The van der Waals surface area contributed by atoms with Gasteiger partial charge in [0.1, 0.15) is 17.2 Å². The Kier molecular flexibility index (Phi) is 9.12. The third-order valence-corrected chi connectivity index (χ3v) is 7.46. The van der Waals surface area contributed by atoms with Crippen LogP contribution >= 0.6 is 11.6 Å². The van der Waals surface area contributed by atoms with Crippen molar-refractivity contribution in [3.63, 3.8) is 0 Å². The average Bonchev–Trinajstić information content (AvgIpc) is 2.92. The SMILES string of the molecule is CC(C)(C)c1cc([C@H](c2ccccc2Cl)C(C(=O)Oc2ccccc2)C(=O)Oc2ccccc2)cc(C(C)(C)C)c1O. The number of rotatable bonds is 7. The highest BCUT2D eigenvalue weighted by atomic mass is 35.5. The first-order valence-electron chi connectivity index (χ1n) is 13.9. The largest absolute Gasteiger partial charge is 0.507 e. The molecule has 5 nitrogen and oxygen atoms in total. The summed E-state index contributed by atoms with van der Waals surface area (Å²) in [6, 6.07) is 28.0. The lowest BCUT2D eigenvalue weighted by Crippen LogP contribution is -2.37. The van der Waals surface area contributed by atoms with Crippen molar-refractivity contribution in [2.75, 3.05) is 0 Å². The summed E-state index contributed by atoms with van der Waals surface area (Å²) in [5, 5.41) is 11.8. The fourth-order valence-corrected chi connectivity index (χ4v) is 5.22. The van der Waals surface area contributed by atoms with E-state index in [0.29, 0.717) is 38.8 Å². The first kappa shape index (κ1) is 30.9. The van der Waals surface area contributed by atoms with Crippen LogP contribution in [0.1, 0.15) is 69.7 Å². The second-order valence-corrected chi connectivity index (χ2v) is 12.8. The Bertz CT molecular complexity index is 1460. The highest BCUT2D eigenvalue weighted by Gasteiger charge is 2.42. The van der Waals surface area contributed by atoms with Crippen molar-refractivity contribution in [2.24, 2.45) is 5.92 Å². The Labute approximate surface area is 253 Å². The van der Waals surface area contributed by atoms with Crippen LogP contribution in [0.15, 0.2) is 97.1 Å². The number of hydrogen-bond acceptors (Lipinski definition) is 5. The number of esters is 2. The highest BCUT2D eigenvalue weighted by molar-refractivity contribution is 6.31. The van der Waals surface area contributed by atoms with Crippen molar-refractivity contribution in [2.45, 2.75) is 58.3 Å². The third-order valence-electron chi connectivity index (χ3n) is 7.11. The molecule has 0 radical (unpaired) electrons. The van der Waals surface area contributed by atoms with E-state index in [1.54, 1.807) is 66.7 Å². The third kappa shape index (κ3) is 7.03. The van der Waals surface area contributed by atoms with Gasteiger partial charge in [0.05, 0.1) is 0 Å². The quantitative estimate of drug-likeness (QED) is 0.134. The van der Waals surface area contributed by atoms with Crippen LogP contribution in [0.3, 0.4) is 0 Å². The van der Waals surface area contributed by atoms with E-state index >= 15 is 0 Å². The van der Waals surface area contributed by atoms with E-state index in [-0.39, 0.29) is 5.75 Å². The summed E-state index contributed by atoms with van der Waals surface area (Å²) in [4.78, 5) is 28.1. The lowest BCUT2D eigenvalue weighted by atomic mass is 9.73. The first-order valence-corrected chi connectivity index (χ1v) is 14.3. The Balaban J connectivity index is 1.99. The predicted molar refractivity (Wildman–Crippen MR) is 166 cm³/mol. The van der Waals surface area contributed by atoms with E-state index in [1.165, 1.54) is 0 Å². The Morgan fingerprint density at radius 3 is 1.48 bits per heavy atom. The molecule has 0 aromatic heterocycles. The maximum absolute atomic E-state index is 14.1. The van der Waals surface area contributed by atoms with Gasteiger partial charge in [-0.1, -0.05) is 120 Å². The molecule has 0 aliphatic carbocycles. The molecule has 4 aromatic carbocycles. The Hall–Kier alpha value is -4.09. The molecule has 4 rings (SSSR count). The number of aromatic hydroxyl groups is 1. The second kappa shape index (κ2) is 12.4. The van der Waals surface area contributed by atoms with Gasteiger partial charge in [0.2, 0.25) is 0 Å². The number of carbonyl (C=O) groups excluding carboxylic acids is 2. The zero-order valence-electron chi connectivity index (χ0n) is 24.9. The number of phenols is 1. The molecule has 0 bridgehead atoms. The van der Waals surface area contributed by atoms with Crippen LogP contribution in [0.5, 0.6) is 17.2 Å². The van der Waals surface area contributed by atoms with Gasteiger partial charge in [0, 0.05) is 10.9 Å². The standard InChI is InChI=1S/C36H37ClO5/c1-35(2,3)27-21-23(22-28(32(27)38)36(4,5)6)30(26-19-13-14-20-29(26)37)31(33(39)41-24-15-9-7-10-16-24)34(40)42-25-17-11-8-12-18-25/h7-22,30-31,38H,1-6H3/t30-/m1/s1. The number of phenolic OH excluding ortho intramolecular Hbond substituents is 1. The number of benzene rings is 4. The van der Waals surface area contributed by atoms with Crippen LogP contribution in [0.4, 0.5) is 0 Å². The van der Waals surface area contributed by atoms with Crippen LogP contribution in [0.25, 0.3) is 0 Å². The fourth-order valence-electron chi connectivity index (χ4n) is 4.96. The predicted octanol–water partition coefficient (Wildman–Crippen LogP) is 8.60. The summed E-state index contributed by atoms with van der Waals surface area (Å²) < 4.78 is 11.6. The fraction of sp³-hybridized carbons (Fsp3) is 0.278. The van der Waals surface area contributed by atoms with Crippen molar-refractivity contribution >= 4 is 23.5 Å². The van der Waals surface area contributed by atoms with Crippen LogP contribution in [-0.4, -0.2) is 17.0 Å². The molecule has 0 amide bonds. The van der Waals surface area contributed by atoms with Crippen molar-refractivity contribution in [1.29, 1.82) is 0 Å². The molecule has 6 heteroatoms. The van der Waals surface area contributed by atoms with Gasteiger partial charge in [0.15, 0.2) is 5.92 Å². The lowest BCUT2D eigenvalue weighted by Gasteiger charge is -2.32.